The molecule has 0 unspecified atom stereocenters. The Kier molecular flexibility index (Phi) is 9.36. The first kappa shape index (κ1) is 14.3. The van der Waals surface area contributed by atoms with E-state index in [0.29, 0.717) is 12.2 Å². The zero-order valence-electron chi connectivity index (χ0n) is 9.28. The largest absolute Gasteiger partial charge is 0.428 e. The third-order valence-corrected chi connectivity index (χ3v) is 2.29. The molecular weight excluding hydrogens is 216 g/mol. The molecule has 0 bridgehead atoms. The molecular formula is C10H18O4S. The summed E-state index contributed by atoms with van der Waals surface area (Å²) in [7, 11) is 0. The van der Waals surface area contributed by atoms with E-state index in [1.807, 2.05) is 6.92 Å². The maximum absolute atomic E-state index is 11.0. The predicted octanol–water partition coefficient (Wildman–Crippen LogP) is 2.96. The van der Waals surface area contributed by atoms with E-state index in [1.54, 1.807) is 0 Å². The Morgan fingerprint density at radius 1 is 1.13 bits per heavy atom. The lowest BCUT2D eigenvalue weighted by molar-refractivity contribution is -0.151. The molecule has 4 nitrogen and oxygen atoms in total. The number of hydrogen-bond donors (Lipinski definition) is 0. The van der Waals surface area contributed by atoms with Crippen LogP contribution >= 0.6 is 11.8 Å². The fraction of sp³-hybridized carbons (Fsp3) is 0.800. The highest BCUT2D eigenvalue weighted by atomic mass is 32.2. The molecule has 0 fully saturated rings. The molecule has 0 radical (unpaired) electrons. The van der Waals surface area contributed by atoms with Gasteiger partial charge in [0.25, 0.3) is 0 Å². The average molecular weight is 234 g/mol. The molecule has 0 aliphatic rings. The van der Waals surface area contributed by atoms with Crippen molar-refractivity contribution in [3.63, 3.8) is 0 Å². The van der Waals surface area contributed by atoms with Crippen molar-refractivity contribution < 1.29 is 19.1 Å². The Morgan fingerprint density at radius 2 is 1.87 bits per heavy atom. The van der Waals surface area contributed by atoms with Crippen LogP contribution in [0.15, 0.2) is 0 Å². The first-order chi connectivity index (χ1) is 7.20. The molecule has 0 amide bonds. The fourth-order valence-electron chi connectivity index (χ4n) is 0.894. The minimum Gasteiger partial charge on any atom is -0.428 e. The number of carbonyl (C=O) groups is 2. The van der Waals surface area contributed by atoms with Gasteiger partial charge in [0.05, 0.1) is 0 Å². The topological polar surface area (TPSA) is 52.6 Å². The predicted molar refractivity (Wildman–Crippen MR) is 59.7 cm³/mol. The van der Waals surface area contributed by atoms with Crippen molar-refractivity contribution in [2.75, 3.05) is 12.5 Å². The lowest BCUT2D eigenvalue weighted by Gasteiger charge is -2.04. The van der Waals surface area contributed by atoms with E-state index in [4.69, 9.17) is 4.74 Å². The number of hydrogen-bond acceptors (Lipinski definition) is 5. The van der Waals surface area contributed by atoms with Crippen LogP contribution in [0, 0.1) is 0 Å². The molecule has 0 N–H and O–H groups in total. The van der Waals surface area contributed by atoms with Gasteiger partial charge < -0.3 is 9.47 Å². The Bertz CT molecular complexity index is 194. The van der Waals surface area contributed by atoms with Crippen LogP contribution < -0.4 is 0 Å². The lowest BCUT2D eigenvalue weighted by atomic mass is 10.2. The zero-order chi connectivity index (χ0) is 11.5. The van der Waals surface area contributed by atoms with E-state index in [0.717, 1.165) is 31.0 Å². The second-order valence-corrected chi connectivity index (χ2v) is 4.12. The molecule has 0 saturated carbocycles. The minimum atomic E-state index is -0.404. The van der Waals surface area contributed by atoms with Gasteiger partial charge in [0.1, 0.15) is 0 Å². The minimum absolute atomic E-state index is 0.267. The third kappa shape index (κ3) is 9.59. The van der Waals surface area contributed by atoms with Crippen LogP contribution in [0.4, 0.5) is 4.79 Å². The summed E-state index contributed by atoms with van der Waals surface area (Å²) in [5.41, 5.74) is 0. The summed E-state index contributed by atoms with van der Waals surface area (Å²) in [6, 6.07) is 0. The van der Waals surface area contributed by atoms with Crippen molar-refractivity contribution in [2.45, 2.75) is 39.5 Å². The standard InChI is InChI=1S/C10H18O4S/c1-3-5-6-7-9(11)13-8-14-10(12)15-4-2/h3-8H2,1-2H3. The highest BCUT2D eigenvalue weighted by Gasteiger charge is 2.05. The normalized spacial score (nSPS) is 9.73. The number of esters is 1. The van der Waals surface area contributed by atoms with Crippen LogP contribution in [-0.2, 0) is 14.3 Å². The van der Waals surface area contributed by atoms with Gasteiger partial charge in [-0.1, -0.05) is 26.7 Å². The number of rotatable bonds is 7. The smallest absolute Gasteiger partial charge is 0.370 e. The molecule has 88 valence electrons. The average Bonchev–Trinajstić information content (AvgIpc) is 2.18. The summed E-state index contributed by atoms with van der Waals surface area (Å²) < 4.78 is 9.35. The molecule has 0 spiro atoms. The summed E-state index contributed by atoms with van der Waals surface area (Å²) >= 11 is 1.05. The van der Waals surface area contributed by atoms with Crippen LogP contribution in [0.1, 0.15) is 39.5 Å². The van der Waals surface area contributed by atoms with Gasteiger partial charge in [0, 0.05) is 12.2 Å². The van der Waals surface area contributed by atoms with Crippen molar-refractivity contribution in [3.8, 4) is 0 Å². The van der Waals surface area contributed by atoms with E-state index in [9.17, 15) is 9.59 Å². The Labute approximate surface area is 94.7 Å². The van der Waals surface area contributed by atoms with Crippen molar-refractivity contribution in [1.29, 1.82) is 0 Å². The van der Waals surface area contributed by atoms with Crippen molar-refractivity contribution in [1.82, 2.24) is 0 Å². The van der Waals surface area contributed by atoms with E-state index >= 15 is 0 Å². The first-order valence-corrected chi connectivity index (χ1v) is 6.14. The molecule has 0 saturated heterocycles. The maximum atomic E-state index is 11.0. The molecule has 5 heteroatoms. The summed E-state index contributed by atoms with van der Waals surface area (Å²) in [5.74, 6) is 0.348. The van der Waals surface area contributed by atoms with Crippen LogP contribution in [0.2, 0.25) is 0 Å². The van der Waals surface area contributed by atoms with Crippen LogP contribution in [0.25, 0.3) is 0 Å². The summed E-state index contributed by atoms with van der Waals surface area (Å²) in [6.45, 7) is 3.65. The van der Waals surface area contributed by atoms with Crippen molar-refractivity contribution in [2.24, 2.45) is 0 Å². The van der Waals surface area contributed by atoms with Gasteiger partial charge in [-0.05, 0) is 18.2 Å². The summed E-state index contributed by atoms with van der Waals surface area (Å²) in [5, 5.41) is -0.404. The molecule has 15 heavy (non-hydrogen) atoms. The van der Waals surface area contributed by atoms with E-state index < -0.39 is 5.30 Å². The molecule has 0 atom stereocenters. The second-order valence-electron chi connectivity index (χ2n) is 2.92. The molecule has 0 aliphatic heterocycles. The quantitative estimate of drug-likeness (QED) is 0.385. The van der Waals surface area contributed by atoms with E-state index in [2.05, 4.69) is 11.7 Å². The van der Waals surface area contributed by atoms with Gasteiger partial charge >= 0.3 is 11.3 Å². The number of ether oxygens (including phenoxy) is 2. The molecule has 0 aromatic heterocycles. The fourth-order valence-corrected chi connectivity index (χ4v) is 1.26. The van der Waals surface area contributed by atoms with Gasteiger partial charge in [-0.25, -0.2) is 4.79 Å². The van der Waals surface area contributed by atoms with Crippen LogP contribution in [-0.4, -0.2) is 23.8 Å². The highest BCUT2D eigenvalue weighted by molar-refractivity contribution is 8.13. The summed E-state index contributed by atoms with van der Waals surface area (Å²) in [6.07, 6.45) is 3.30. The molecule has 0 aliphatic carbocycles. The van der Waals surface area contributed by atoms with Crippen LogP contribution in [0.5, 0.6) is 0 Å². The molecule has 0 aromatic rings. The van der Waals surface area contributed by atoms with Gasteiger partial charge in [-0.2, -0.15) is 0 Å². The van der Waals surface area contributed by atoms with E-state index in [-0.39, 0.29) is 12.8 Å². The number of unbranched alkanes of at least 4 members (excludes halogenated alkanes) is 2. The van der Waals surface area contributed by atoms with Gasteiger partial charge in [0.2, 0.25) is 6.79 Å². The third-order valence-electron chi connectivity index (χ3n) is 1.64. The zero-order valence-corrected chi connectivity index (χ0v) is 10.1. The van der Waals surface area contributed by atoms with Crippen molar-refractivity contribution in [3.05, 3.63) is 0 Å². The summed E-state index contributed by atoms with van der Waals surface area (Å²) in [4.78, 5) is 21.9. The molecule has 0 heterocycles. The second kappa shape index (κ2) is 9.83. The Hall–Kier alpha value is -0.710. The first-order valence-electron chi connectivity index (χ1n) is 5.15. The number of carbonyl (C=O) groups excluding carboxylic acids is 2. The maximum Gasteiger partial charge on any atom is 0.370 e. The van der Waals surface area contributed by atoms with Crippen molar-refractivity contribution >= 4 is 23.0 Å². The van der Waals surface area contributed by atoms with Gasteiger partial charge in [0.15, 0.2) is 0 Å². The Morgan fingerprint density at radius 3 is 2.47 bits per heavy atom. The van der Waals surface area contributed by atoms with E-state index in [1.165, 1.54) is 0 Å². The number of thioether (sulfide) groups is 1. The molecule has 0 aromatic carbocycles. The monoisotopic (exact) mass is 234 g/mol. The Balaban J connectivity index is 3.34. The highest BCUT2D eigenvalue weighted by Crippen LogP contribution is 2.04. The molecule has 0 rings (SSSR count). The van der Waals surface area contributed by atoms with Gasteiger partial charge in [-0.3, -0.25) is 4.79 Å². The van der Waals surface area contributed by atoms with Crippen LogP contribution in [0.3, 0.4) is 0 Å². The van der Waals surface area contributed by atoms with Gasteiger partial charge in [-0.15, -0.1) is 0 Å². The SMILES string of the molecule is CCCCCC(=O)OCOC(=O)SCC. The lowest BCUT2D eigenvalue weighted by Crippen LogP contribution is -2.10.